The maximum Gasteiger partial charge on any atom is 0.214 e. The third kappa shape index (κ3) is 2.08. The maximum absolute atomic E-state index is 12.5. The predicted molar refractivity (Wildman–Crippen MR) is 41.9 cm³/mol. The Labute approximate surface area is 71.6 Å². The summed E-state index contributed by atoms with van der Waals surface area (Å²) in [5.41, 5.74) is 0.136. The van der Waals surface area contributed by atoms with Gasteiger partial charge in [0.25, 0.3) is 0 Å². The molecule has 0 atom stereocenters. The molecular formula is C7H5BrFNO. The van der Waals surface area contributed by atoms with Crippen LogP contribution < -0.4 is 0 Å². The number of hydrogen-bond donors (Lipinski definition) is 0. The van der Waals surface area contributed by atoms with Crippen molar-refractivity contribution >= 4 is 21.7 Å². The Balaban J connectivity index is 3.19. The Kier molecular flexibility index (Phi) is 2.34. The fourth-order valence-corrected chi connectivity index (χ4v) is 1.05. The molecule has 0 saturated heterocycles. The molecule has 1 aromatic rings. The summed E-state index contributed by atoms with van der Waals surface area (Å²) in [7, 11) is 0. The SMILES string of the molecule is CC(=O)c1cc(Br)cc(F)n1. The van der Waals surface area contributed by atoms with E-state index in [4.69, 9.17) is 0 Å². The summed E-state index contributed by atoms with van der Waals surface area (Å²) in [6, 6.07) is 2.68. The van der Waals surface area contributed by atoms with E-state index >= 15 is 0 Å². The van der Waals surface area contributed by atoms with Crippen LogP contribution in [0, 0.1) is 5.95 Å². The Morgan fingerprint density at radius 3 is 2.73 bits per heavy atom. The highest BCUT2D eigenvalue weighted by Gasteiger charge is 2.03. The molecule has 0 saturated carbocycles. The number of carbonyl (C=O) groups excluding carboxylic acids is 1. The fourth-order valence-electron chi connectivity index (χ4n) is 0.646. The van der Waals surface area contributed by atoms with Crippen LogP contribution in [0.3, 0.4) is 0 Å². The van der Waals surface area contributed by atoms with E-state index in [1.54, 1.807) is 0 Å². The summed E-state index contributed by atoms with van der Waals surface area (Å²) in [5, 5.41) is 0. The summed E-state index contributed by atoms with van der Waals surface area (Å²) in [6.45, 7) is 1.34. The zero-order valence-electron chi connectivity index (χ0n) is 5.77. The molecule has 0 aromatic carbocycles. The van der Waals surface area contributed by atoms with E-state index in [0.29, 0.717) is 4.47 Å². The average Bonchev–Trinajstić information content (AvgIpc) is 1.85. The normalized spacial score (nSPS) is 9.73. The number of aromatic nitrogens is 1. The molecule has 1 aromatic heterocycles. The maximum atomic E-state index is 12.5. The lowest BCUT2D eigenvalue weighted by Crippen LogP contribution is -1.98. The highest BCUT2D eigenvalue weighted by Crippen LogP contribution is 2.11. The van der Waals surface area contributed by atoms with E-state index < -0.39 is 5.95 Å². The second-order valence-corrected chi connectivity index (χ2v) is 2.97. The van der Waals surface area contributed by atoms with Gasteiger partial charge in [-0.25, -0.2) is 4.98 Å². The molecule has 4 heteroatoms. The van der Waals surface area contributed by atoms with Gasteiger partial charge in [-0.3, -0.25) is 4.79 Å². The van der Waals surface area contributed by atoms with Gasteiger partial charge in [-0.2, -0.15) is 4.39 Å². The van der Waals surface area contributed by atoms with E-state index in [1.165, 1.54) is 19.1 Å². The topological polar surface area (TPSA) is 30.0 Å². The molecule has 0 aliphatic rings. The molecule has 1 rings (SSSR count). The summed E-state index contributed by atoms with van der Waals surface area (Å²) in [4.78, 5) is 14.1. The lowest BCUT2D eigenvalue weighted by Gasteiger charge is -1.95. The number of nitrogens with zero attached hydrogens (tertiary/aromatic N) is 1. The van der Waals surface area contributed by atoms with Gasteiger partial charge in [-0.15, -0.1) is 0 Å². The van der Waals surface area contributed by atoms with Crippen LogP contribution in [0.25, 0.3) is 0 Å². The van der Waals surface area contributed by atoms with Gasteiger partial charge in [0.05, 0.1) is 0 Å². The van der Waals surface area contributed by atoms with Crippen molar-refractivity contribution in [3.05, 3.63) is 28.2 Å². The molecule has 58 valence electrons. The number of hydrogen-bond acceptors (Lipinski definition) is 2. The second kappa shape index (κ2) is 3.09. The van der Waals surface area contributed by atoms with E-state index in [2.05, 4.69) is 20.9 Å². The van der Waals surface area contributed by atoms with Gasteiger partial charge in [0.15, 0.2) is 5.78 Å². The third-order valence-corrected chi connectivity index (χ3v) is 1.58. The van der Waals surface area contributed by atoms with Crippen molar-refractivity contribution in [3.8, 4) is 0 Å². The Bertz CT molecular complexity index is 280. The number of ketones is 1. The summed E-state index contributed by atoms with van der Waals surface area (Å²) >= 11 is 3.05. The number of carbonyl (C=O) groups is 1. The van der Waals surface area contributed by atoms with Gasteiger partial charge in [0.1, 0.15) is 5.69 Å². The molecule has 0 bridgehead atoms. The van der Waals surface area contributed by atoms with Crippen molar-refractivity contribution in [3.63, 3.8) is 0 Å². The molecule has 0 aliphatic heterocycles. The molecule has 1 heterocycles. The van der Waals surface area contributed by atoms with Crippen LogP contribution in [0.4, 0.5) is 4.39 Å². The van der Waals surface area contributed by atoms with Gasteiger partial charge in [0, 0.05) is 17.5 Å². The molecular weight excluding hydrogens is 213 g/mol. The highest BCUT2D eigenvalue weighted by atomic mass is 79.9. The van der Waals surface area contributed by atoms with E-state index in [0.717, 1.165) is 0 Å². The quantitative estimate of drug-likeness (QED) is 0.534. The van der Waals surface area contributed by atoms with Crippen molar-refractivity contribution in [1.82, 2.24) is 4.98 Å². The third-order valence-electron chi connectivity index (χ3n) is 1.12. The predicted octanol–water partition coefficient (Wildman–Crippen LogP) is 2.19. The van der Waals surface area contributed by atoms with Crippen molar-refractivity contribution in [2.45, 2.75) is 6.92 Å². The minimum atomic E-state index is -0.649. The lowest BCUT2D eigenvalue weighted by molar-refractivity contribution is 0.101. The first-order valence-electron chi connectivity index (χ1n) is 2.93. The largest absolute Gasteiger partial charge is 0.293 e. The first-order valence-corrected chi connectivity index (χ1v) is 3.73. The first kappa shape index (κ1) is 8.33. The number of Topliss-reactive ketones (excluding diaryl/α,β-unsaturated/α-hetero) is 1. The van der Waals surface area contributed by atoms with E-state index in [-0.39, 0.29) is 11.5 Å². The molecule has 0 N–H and O–H groups in total. The van der Waals surface area contributed by atoms with Crippen molar-refractivity contribution in [2.75, 3.05) is 0 Å². The van der Waals surface area contributed by atoms with Crippen LogP contribution in [0.5, 0.6) is 0 Å². The first-order chi connectivity index (χ1) is 5.09. The second-order valence-electron chi connectivity index (χ2n) is 2.05. The minimum Gasteiger partial charge on any atom is -0.293 e. The fraction of sp³-hybridized carbons (Fsp3) is 0.143. The Hall–Kier alpha value is -0.770. The Morgan fingerprint density at radius 1 is 1.64 bits per heavy atom. The lowest BCUT2D eigenvalue weighted by atomic mass is 10.3. The van der Waals surface area contributed by atoms with Crippen LogP contribution in [-0.4, -0.2) is 10.8 Å². The monoisotopic (exact) mass is 217 g/mol. The van der Waals surface area contributed by atoms with Crippen molar-refractivity contribution in [2.24, 2.45) is 0 Å². The molecule has 2 nitrogen and oxygen atoms in total. The summed E-state index contributed by atoms with van der Waals surface area (Å²) < 4.78 is 13.0. The summed E-state index contributed by atoms with van der Waals surface area (Å²) in [6.07, 6.45) is 0. The zero-order valence-corrected chi connectivity index (χ0v) is 7.35. The molecule has 0 radical (unpaired) electrons. The van der Waals surface area contributed by atoms with E-state index in [9.17, 15) is 9.18 Å². The van der Waals surface area contributed by atoms with Crippen LogP contribution >= 0.6 is 15.9 Å². The van der Waals surface area contributed by atoms with Crippen molar-refractivity contribution < 1.29 is 9.18 Å². The van der Waals surface area contributed by atoms with Crippen LogP contribution in [-0.2, 0) is 0 Å². The number of pyridine rings is 1. The smallest absolute Gasteiger partial charge is 0.214 e. The van der Waals surface area contributed by atoms with Gasteiger partial charge < -0.3 is 0 Å². The van der Waals surface area contributed by atoms with Gasteiger partial charge in [-0.05, 0) is 6.07 Å². The average molecular weight is 218 g/mol. The van der Waals surface area contributed by atoms with Crippen LogP contribution in [0.2, 0.25) is 0 Å². The van der Waals surface area contributed by atoms with Crippen LogP contribution in [0.15, 0.2) is 16.6 Å². The van der Waals surface area contributed by atoms with E-state index in [1.807, 2.05) is 0 Å². The standard InChI is InChI=1S/C7H5BrFNO/c1-4(11)6-2-5(8)3-7(9)10-6/h2-3H,1H3. The number of halogens is 2. The molecule has 0 fully saturated rings. The molecule has 0 aliphatic carbocycles. The van der Waals surface area contributed by atoms with Crippen molar-refractivity contribution in [1.29, 1.82) is 0 Å². The van der Waals surface area contributed by atoms with Crippen LogP contribution in [0.1, 0.15) is 17.4 Å². The molecule has 0 spiro atoms. The molecule has 11 heavy (non-hydrogen) atoms. The van der Waals surface area contributed by atoms with Gasteiger partial charge >= 0.3 is 0 Å². The Morgan fingerprint density at radius 2 is 2.27 bits per heavy atom. The molecule has 0 amide bonds. The highest BCUT2D eigenvalue weighted by molar-refractivity contribution is 9.10. The minimum absolute atomic E-state index is 0.136. The number of rotatable bonds is 1. The van der Waals surface area contributed by atoms with Gasteiger partial charge in [0.2, 0.25) is 5.95 Å². The van der Waals surface area contributed by atoms with Gasteiger partial charge in [-0.1, -0.05) is 15.9 Å². The molecule has 0 unspecified atom stereocenters. The summed E-state index contributed by atoms with van der Waals surface area (Å²) in [5.74, 6) is -0.894. The zero-order chi connectivity index (χ0) is 8.43.